The Balaban J connectivity index is 1.44. The largest absolute Gasteiger partial charge is 0.480 e. The lowest BCUT2D eigenvalue weighted by molar-refractivity contribution is -0.139. The predicted octanol–water partition coefficient (Wildman–Crippen LogP) is 4.66. The minimum absolute atomic E-state index is 0.000918. The van der Waals surface area contributed by atoms with Gasteiger partial charge in [0.2, 0.25) is 0 Å². The predicted molar refractivity (Wildman–Crippen MR) is 135 cm³/mol. The van der Waals surface area contributed by atoms with Crippen LogP contribution in [-0.2, 0) is 4.79 Å². The van der Waals surface area contributed by atoms with E-state index >= 15 is 0 Å². The molecule has 0 spiro atoms. The molecule has 0 bridgehead atoms. The van der Waals surface area contributed by atoms with Gasteiger partial charge in [-0.1, -0.05) is 60.7 Å². The summed E-state index contributed by atoms with van der Waals surface area (Å²) in [6, 6.07) is 23.1. The normalized spacial score (nSPS) is 14.7. The summed E-state index contributed by atoms with van der Waals surface area (Å²) in [7, 11) is 0. The van der Waals surface area contributed by atoms with E-state index in [1.807, 2.05) is 42.5 Å². The van der Waals surface area contributed by atoms with Crippen molar-refractivity contribution in [3.8, 4) is 0 Å². The van der Waals surface area contributed by atoms with E-state index in [9.17, 15) is 14.7 Å². The Morgan fingerprint density at radius 2 is 1.62 bits per heavy atom. The average Bonchev–Trinajstić information content (AvgIpc) is 3.60. The van der Waals surface area contributed by atoms with Gasteiger partial charge in [-0.25, -0.2) is 4.79 Å². The lowest BCUT2D eigenvalue weighted by Gasteiger charge is -2.17. The Kier molecular flexibility index (Phi) is 7.75. The zero-order chi connectivity index (χ0) is 23.9. The van der Waals surface area contributed by atoms with Crippen LogP contribution in [0.15, 0.2) is 77.8 Å². The first-order chi connectivity index (χ1) is 16.5. The summed E-state index contributed by atoms with van der Waals surface area (Å²) in [4.78, 5) is 30.5. The molecule has 1 unspecified atom stereocenters. The van der Waals surface area contributed by atoms with Gasteiger partial charge in [0.05, 0.1) is 10.7 Å². The maximum absolute atomic E-state index is 12.9. The topological polar surface area (TPSA) is 105 Å². The van der Waals surface area contributed by atoms with Crippen molar-refractivity contribution in [3.05, 3.63) is 93.7 Å². The summed E-state index contributed by atoms with van der Waals surface area (Å²) in [5, 5.41) is 12.3. The van der Waals surface area contributed by atoms with Crippen molar-refractivity contribution in [2.24, 2.45) is 16.6 Å². The molecule has 34 heavy (non-hydrogen) atoms. The number of amides is 1. The van der Waals surface area contributed by atoms with Crippen molar-refractivity contribution < 1.29 is 14.7 Å². The molecule has 6 nitrogen and oxygen atoms in total. The molecule has 1 heterocycles. The number of aliphatic carboxylic acids is 1. The molecule has 1 aromatic heterocycles. The number of benzene rings is 2. The van der Waals surface area contributed by atoms with E-state index in [4.69, 9.17) is 5.73 Å². The molecule has 1 atom stereocenters. The minimum atomic E-state index is -1.05. The number of carbonyl (C=O) groups is 2. The second kappa shape index (κ2) is 11.1. The van der Waals surface area contributed by atoms with Gasteiger partial charge in [0.25, 0.3) is 5.91 Å². The second-order valence-electron chi connectivity index (χ2n) is 8.54. The van der Waals surface area contributed by atoms with Crippen molar-refractivity contribution in [1.82, 2.24) is 5.32 Å². The van der Waals surface area contributed by atoms with Crippen molar-refractivity contribution in [1.29, 1.82) is 0 Å². The van der Waals surface area contributed by atoms with Crippen molar-refractivity contribution in [3.63, 3.8) is 0 Å². The molecule has 4 rings (SSSR count). The molecule has 3 aromatic rings. The molecule has 4 N–H and O–H groups in total. The number of carboxylic acid groups (broad SMARTS) is 1. The lowest BCUT2D eigenvalue weighted by Crippen LogP contribution is -2.40. The van der Waals surface area contributed by atoms with Gasteiger partial charge >= 0.3 is 5.97 Å². The zero-order valence-corrected chi connectivity index (χ0v) is 19.7. The van der Waals surface area contributed by atoms with Crippen molar-refractivity contribution >= 4 is 29.0 Å². The van der Waals surface area contributed by atoms with E-state index < -0.39 is 12.0 Å². The molecule has 0 aliphatic heterocycles. The molecule has 0 saturated heterocycles. The SMILES string of the molecule is NC(=NCCCC(NC(=O)c1ccc(C(c2ccccc2)c2ccccc2)s1)C(=O)O)C1CC1. The number of carboxylic acids is 1. The van der Waals surface area contributed by atoms with Crippen LogP contribution in [-0.4, -0.2) is 35.4 Å². The molecule has 7 heteroatoms. The molecule has 1 saturated carbocycles. The molecule has 176 valence electrons. The van der Waals surface area contributed by atoms with Crippen LogP contribution in [0.1, 0.15) is 57.3 Å². The molecular formula is C27H29N3O3S. The Labute approximate surface area is 203 Å². The van der Waals surface area contributed by atoms with Crippen molar-refractivity contribution in [2.45, 2.75) is 37.6 Å². The Hall–Kier alpha value is -3.45. The number of nitrogens with zero attached hydrogens (tertiary/aromatic N) is 1. The van der Waals surface area contributed by atoms with Crippen LogP contribution in [0.2, 0.25) is 0 Å². The fourth-order valence-corrected chi connectivity index (χ4v) is 5.01. The van der Waals surface area contributed by atoms with Gasteiger partial charge in [-0.15, -0.1) is 11.3 Å². The van der Waals surface area contributed by atoms with Crippen LogP contribution in [0.25, 0.3) is 0 Å². The van der Waals surface area contributed by atoms with E-state index in [0.717, 1.165) is 28.8 Å². The molecular weight excluding hydrogens is 446 g/mol. The summed E-state index contributed by atoms with van der Waals surface area (Å²) in [5.41, 5.74) is 8.16. The zero-order valence-electron chi connectivity index (χ0n) is 18.9. The van der Waals surface area contributed by atoms with E-state index in [-0.39, 0.29) is 11.8 Å². The Morgan fingerprint density at radius 1 is 1.00 bits per heavy atom. The van der Waals surface area contributed by atoms with E-state index in [1.165, 1.54) is 11.3 Å². The summed E-state index contributed by atoms with van der Waals surface area (Å²) in [6.45, 7) is 0.473. The van der Waals surface area contributed by atoms with Gasteiger partial charge in [0, 0.05) is 23.3 Å². The highest BCUT2D eigenvalue weighted by Gasteiger charge is 2.26. The fraction of sp³-hybridized carbons (Fsp3) is 0.296. The Bertz CT molecular complexity index is 1100. The molecule has 2 aromatic carbocycles. The minimum Gasteiger partial charge on any atom is -0.480 e. The first kappa shape index (κ1) is 23.7. The van der Waals surface area contributed by atoms with E-state index in [1.54, 1.807) is 6.07 Å². The monoisotopic (exact) mass is 475 g/mol. The number of nitrogens with one attached hydrogen (secondary N) is 1. The third-order valence-electron chi connectivity index (χ3n) is 5.95. The van der Waals surface area contributed by atoms with Gasteiger partial charge in [-0.2, -0.15) is 0 Å². The van der Waals surface area contributed by atoms with E-state index in [2.05, 4.69) is 34.6 Å². The summed E-state index contributed by atoms with van der Waals surface area (Å²) in [6.07, 6.45) is 3.02. The average molecular weight is 476 g/mol. The molecule has 1 fully saturated rings. The molecule has 1 amide bonds. The number of thiophene rings is 1. The Morgan fingerprint density at radius 3 is 2.18 bits per heavy atom. The third kappa shape index (κ3) is 6.11. The van der Waals surface area contributed by atoms with Crippen molar-refractivity contribution in [2.75, 3.05) is 6.54 Å². The first-order valence-corrected chi connectivity index (χ1v) is 12.4. The van der Waals surface area contributed by atoms with Crippen LogP contribution in [0.5, 0.6) is 0 Å². The van der Waals surface area contributed by atoms with Gasteiger partial charge < -0.3 is 16.2 Å². The second-order valence-corrected chi connectivity index (χ2v) is 9.66. The number of carbonyl (C=O) groups excluding carboxylic acids is 1. The maximum Gasteiger partial charge on any atom is 0.326 e. The first-order valence-electron chi connectivity index (χ1n) is 11.6. The van der Waals surface area contributed by atoms with Gasteiger partial charge in [-0.3, -0.25) is 9.79 Å². The smallest absolute Gasteiger partial charge is 0.326 e. The standard InChI is InChI=1S/C27H29N3O3S/c28-25(20-13-14-20)29-17-7-12-21(27(32)33)30-26(31)23-16-15-22(34-23)24(18-8-3-1-4-9-18)19-10-5-2-6-11-19/h1-6,8-11,15-16,20-21,24H,7,12-14,17H2,(H2,28,29)(H,30,31)(H,32,33). The number of hydrogen-bond donors (Lipinski definition) is 3. The number of nitrogens with two attached hydrogens (primary N) is 1. The van der Waals surface area contributed by atoms with Crippen LogP contribution in [0.3, 0.4) is 0 Å². The van der Waals surface area contributed by atoms with Gasteiger partial charge in [0.15, 0.2) is 0 Å². The maximum atomic E-state index is 12.9. The highest BCUT2D eigenvalue weighted by atomic mass is 32.1. The highest BCUT2D eigenvalue weighted by Crippen LogP contribution is 2.36. The van der Waals surface area contributed by atoms with Gasteiger partial charge in [0.1, 0.15) is 6.04 Å². The number of hydrogen-bond acceptors (Lipinski definition) is 4. The fourth-order valence-electron chi connectivity index (χ4n) is 3.94. The summed E-state index contributed by atoms with van der Waals surface area (Å²) < 4.78 is 0. The van der Waals surface area contributed by atoms with Crippen LogP contribution >= 0.6 is 11.3 Å². The van der Waals surface area contributed by atoms with E-state index in [0.29, 0.717) is 36.0 Å². The van der Waals surface area contributed by atoms with Crippen LogP contribution in [0.4, 0.5) is 0 Å². The number of aliphatic imine (C=N–C) groups is 1. The highest BCUT2D eigenvalue weighted by molar-refractivity contribution is 7.14. The summed E-state index contributed by atoms with van der Waals surface area (Å²) >= 11 is 1.39. The molecule has 1 aliphatic carbocycles. The van der Waals surface area contributed by atoms with Gasteiger partial charge in [-0.05, 0) is 48.9 Å². The number of amidine groups is 1. The quantitative estimate of drug-likeness (QED) is 0.213. The van der Waals surface area contributed by atoms with Crippen LogP contribution in [0, 0.1) is 5.92 Å². The summed E-state index contributed by atoms with van der Waals surface area (Å²) in [5.74, 6) is -0.355. The molecule has 1 aliphatic rings. The molecule has 0 radical (unpaired) electrons. The lowest BCUT2D eigenvalue weighted by atomic mass is 9.90. The van der Waals surface area contributed by atoms with Crippen LogP contribution < -0.4 is 11.1 Å². The number of rotatable bonds is 11. The third-order valence-corrected chi connectivity index (χ3v) is 7.09.